The van der Waals surface area contributed by atoms with E-state index < -0.39 is 0 Å². The van der Waals surface area contributed by atoms with Crippen molar-refractivity contribution < 1.29 is 4.79 Å². The lowest BCUT2D eigenvalue weighted by atomic mass is 9.98. The van der Waals surface area contributed by atoms with Crippen LogP contribution in [0.2, 0.25) is 0 Å². The molecule has 0 radical (unpaired) electrons. The summed E-state index contributed by atoms with van der Waals surface area (Å²) in [6.45, 7) is 2.97. The molecule has 4 heteroatoms. The van der Waals surface area contributed by atoms with Gasteiger partial charge in [-0.2, -0.15) is 0 Å². The molecule has 1 aliphatic rings. The van der Waals surface area contributed by atoms with Crippen LogP contribution in [-0.2, 0) is 0 Å². The Morgan fingerprint density at radius 1 is 1.33 bits per heavy atom. The Bertz CT molecular complexity index is 374. The third-order valence-electron chi connectivity index (χ3n) is 3.36. The lowest BCUT2D eigenvalue weighted by Crippen LogP contribution is -2.39. The number of hydrogen-bond acceptors (Lipinski definition) is 2. The largest absolute Gasteiger partial charge is 0.327 e. The third kappa shape index (κ3) is 3.74. The fraction of sp³-hybridized carbons (Fsp3) is 0.500. The standard InChI is InChI=1S/C14H21N3O/c1-17(11-12-7-9-15-10-8-12)14(18)16-13-5-3-2-4-6-13/h2-6,12,15H,7-11H2,1H3,(H,16,18). The number of benzene rings is 1. The van der Waals surface area contributed by atoms with Crippen molar-refractivity contribution in [2.45, 2.75) is 12.8 Å². The minimum atomic E-state index is -0.0280. The molecule has 1 aromatic rings. The van der Waals surface area contributed by atoms with Gasteiger partial charge in [-0.1, -0.05) is 18.2 Å². The Morgan fingerprint density at radius 2 is 2.00 bits per heavy atom. The van der Waals surface area contributed by atoms with E-state index in [0.717, 1.165) is 38.2 Å². The molecule has 0 unspecified atom stereocenters. The van der Waals surface area contributed by atoms with Crippen LogP contribution in [0.1, 0.15) is 12.8 Å². The van der Waals surface area contributed by atoms with Gasteiger partial charge in [-0.3, -0.25) is 0 Å². The summed E-state index contributed by atoms with van der Waals surface area (Å²) in [6, 6.07) is 9.55. The Hall–Kier alpha value is -1.55. The average molecular weight is 247 g/mol. The number of amides is 2. The van der Waals surface area contributed by atoms with E-state index in [-0.39, 0.29) is 6.03 Å². The van der Waals surface area contributed by atoms with Crippen LogP contribution in [0.3, 0.4) is 0 Å². The maximum atomic E-state index is 12.0. The maximum absolute atomic E-state index is 12.0. The summed E-state index contributed by atoms with van der Waals surface area (Å²) in [5, 5.41) is 6.24. The zero-order valence-corrected chi connectivity index (χ0v) is 10.9. The molecule has 98 valence electrons. The van der Waals surface area contributed by atoms with Gasteiger partial charge in [0, 0.05) is 19.3 Å². The molecule has 2 rings (SSSR count). The summed E-state index contributed by atoms with van der Waals surface area (Å²) in [5.74, 6) is 0.623. The van der Waals surface area contributed by atoms with Gasteiger partial charge in [0.25, 0.3) is 0 Å². The van der Waals surface area contributed by atoms with E-state index in [2.05, 4.69) is 10.6 Å². The van der Waals surface area contributed by atoms with Crippen molar-refractivity contribution in [2.75, 3.05) is 32.0 Å². The van der Waals surface area contributed by atoms with E-state index >= 15 is 0 Å². The van der Waals surface area contributed by atoms with Gasteiger partial charge in [0.05, 0.1) is 0 Å². The molecule has 2 N–H and O–H groups in total. The monoisotopic (exact) mass is 247 g/mol. The molecule has 18 heavy (non-hydrogen) atoms. The number of carbonyl (C=O) groups is 1. The van der Waals surface area contributed by atoms with Gasteiger partial charge in [0.1, 0.15) is 0 Å². The first-order valence-electron chi connectivity index (χ1n) is 6.53. The molecule has 1 aliphatic heterocycles. The molecule has 0 aromatic heterocycles. The first-order valence-corrected chi connectivity index (χ1v) is 6.53. The Labute approximate surface area is 108 Å². The summed E-state index contributed by atoms with van der Waals surface area (Å²) in [7, 11) is 1.86. The van der Waals surface area contributed by atoms with Crippen LogP contribution in [-0.4, -0.2) is 37.6 Å². The second-order valence-electron chi connectivity index (χ2n) is 4.87. The van der Waals surface area contributed by atoms with Crippen molar-refractivity contribution in [3.63, 3.8) is 0 Å². The fourth-order valence-electron chi connectivity index (χ4n) is 2.27. The zero-order valence-electron chi connectivity index (χ0n) is 10.9. The normalized spacial score (nSPS) is 16.3. The summed E-state index contributed by atoms with van der Waals surface area (Å²) < 4.78 is 0. The highest BCUT2D eigenvalue weighted by Crippen LogP contribution is 2.13. The lowest BCUT2D eigenvalue weighted by Gasteiger charge is -2.27. The van der Waals surface area contributed by atoms with Crippen LogP contribution in [0.5, 0.6) is 0 Å². The van der Waals surface area contributed by atoms with Gasteiger partial charge >= 0.3 is 6.03 Å². The average Bonchev–Trinajstić information content (AvgIpc) is 2.41. The molecule has 4 nitrogen and oxygen atoms in total. The Morgan fingerprint density at radius 3 is 2.67 bits per heavy atom. The van der Waals surface area contributed by atoms with Crippen molar-refractivity contribution in [3.8, 4) is 0 Å². The summed E-state index contributed by atoms with van der Waals surface area (Å²) >= 11 is 0. The number of para-hydroxylation sites is 1. The SMILES string of the molecule is CN(CC1CCNCC1)C(=O)Nc1ccccc1. The number of urea groups is 1. The molecule has 1 heterocycles. The first kappa shape index (κ1) is 12.9. The van der Waals surface area contributed by atoms with Crippen LogP contribution < -0.4 is 10.6 Å². The minimum Gasteiger partial charge on any atom is -0.327 e. The predicted octanol–water partition coefficient (Wildman–Crippen LogP) is 2.15. The van der Waals surface area contributed by atoms with E-state index in [1.807, 2.05) is 37.4 Å². The molecule has 1 aromatic carbocycles. The van der Waals surface area contributed by atoms with E-state index in [1.54, 1.807) is 4.90 Å². The number of nitrogens with one attached hydrogen (secondary N) is 2. The minimum absolute atomic E-state index is 0.0280. The molecule has 0 atom stereocenters. The second kappa shape index (κ2) is 6.40. The van der Waals surface area contributed by atoms with E-state index in [1.165, 1.54) is 0 Å². The molecular formula is C14H21N3O. The number of piperidine rings is 1. The lowest BCUT2D eigenvalue weighted by molar-refractivity contribution is 0.206. The van der Waals surface area contributed by atoms with Crippen LogP contribution in [0, 0.1) is 5.92 Å². The number of rotatable bonds is 3. The molecular weight excluding hydrogens is 226 g/mol. The predicted molar refractivity (Wildman–Crippen MR) is 73.7 cm³/mol. The van der Waals surface area contributed by atoms with Gasteiger partial charge < -0.3 is 15.5 Å². The van der Waals surface area contributed by atoms with Crippen molar-refractivity contribution in [2.24, 2.45) is 5.92 Å². The van der Waals surface area contributed by atoms with Crippen molar-refractivity contribution in [3.05, 3.63) is 30.3 Å². The summed E-state index contributed by atoms with van der Waals surface area (Å²) in [6.07, 6.45) is 2.31. The highest BCUT2D eigenvalue weighted by atomic mass is 16.2. The van der Waals surface area contributed by atoms with Gasteiger partial charge in [-0.05, 0) is 44.0 Å². The molecule has 2 amide bonds. The summed E-state index contributed by atoms with van der Waals surface area (Å²) in [4.78, 5) is 13.8. The highest BCUT2D eigenvalue weighted by molar-refractivity contribution is 5.89. The van der Waals surface area contributed by atoms with Gasteiger partial charge in [-0.15, -0.1) is 0 Å². The number of hydrogen-bond donors (Lipinski definition) is 2. The topological polar surface area (TPSA) is 44.4 Å². The number of carbonyl (C=O) groups excluding carboxylic acids is 1. The highest BCUT2D eigenvalue weighted by Gasteiger charge is 2.17. The van der Waals surface area contributed by atoms with Gasteiger partial charge in [-0.25, -0.2) is 4.79 Å². The second-order valence-corrected chi connectivity index (χ2v) is 4.87. The van der Waals surface area contributed by atoms with Gasteiger partial charge in [0.2, 0.25) is 0 Å². The quantitative estimate of drug-likeness (QED) is 0.859. The van der Waals surface area contributed by atoms with E-state index in [0.29, 0.717) is 5.92 Å². The van der Waals surface area contributed by atoms with E-state index in [9.17, 15) is 4.79 Å². The molecule has 1 saturated heterocycles. The number of nitrogens with zero attached hydrogens (tertiary/aromatic N) is 1. The summed E-state index contributed by atoms with van der Waals surface area (Å²) in [5.41, 5.74) is 0.847. The van der Waals surface area contributed by atoms with Crippen molar-refractivity contribution in [1.29, 1.82) is 0 Å². The van der Waals surface area contributed by atoms with Crippen molar-refractivity contribution >= 4 is 11.7 Å². The van der Waals surface area contributed by atoms with E-state index in [4.69, 9.17) is 0 Å². The van der Waals surface area contributed by atoms with Crippen LogP contribution in [0.4, 0.5) is 10.5 Å². The van der Waals surface area contributed by atoms with Crippen LogP contribution >= 0.6 is 0 Å². The number of anilines is 1. The van der Waals surface area contributed by atoms with Crippen LogP contribution in [0.15, 0.2) is 30.3 Å². The Kier molecular flexibility index (Phi) is 4.59. The first-order chi connectivity index (χ1) is 8.75. The molecule has 0 spiro atoms. The molecule has 1 fully saturated rings. The van der Waals surface area contributed by atoms with Gasteiger partial charge in [0.15, 0.2) is 0 Å². The molecule has 0 bridgehead atoms. The Balaban J connectivity index is 1.81. The third-order valence-corrected chi connectivity index (χ3v) is 3.36. The molecule has 0 aliphatic carbocycles. The zero-order chi connectivity index (χ0) is 12.8. The molecule has 0 saturated carbocycles. The van der Waals surface area contributed by atoms with Crippen LogP contribution in [0.25, 0.3) is 0 Å². The fourth-order valence-corrected chi connectivity index (χ4v) is 2.27. The smallest absolute Gasteiger partial charge is 0.321 e. The van der Waals surface area contributed by atoms with Crippen molar-refractivity contribution in [1.82, 2.24) is 10.2 Å². The maximum Gasteiger partial charge on any atom is 0.321 e.